The highest BCUT2D eigenvalue weighted by Gasteiger charge is 2.28. The van der Waals surface area contributed by atoms with E-state index in [-0.39, 0.29) is 31.0 Å². The van der Waals surface area contributed by atoms with E-state index >= 15 is 0 Å². The zero-order valence-corrected chi connectivity index (χ0v) is 14.3. The molecule has 0 spiro atoms. The van der Waals surface area contributed by atoms with Crippen LogP contribution in [0.1, 0.15) is 41.3 Å². The quantitative estimate of drug-likeness (QED) is 0.741. The number of aryl methyl sites for hydroxylation is 2. The highest BCUT2D eigenvalue weighted by Crippen LogP contribution is 2.32. The van der Waals surface area contributed by atoms with Gasteiger partial charge in [0, 0.05) is 11.6 Å². The lowest BCUT2D eigenvalue weighted by atomic mass is 10.1. The molecule has 2 amide bonds. The molecule has 1 saturated carbocycles. The normalized spacial score (nSPS) is 14.6. The number of hydrogen-bond acceptors (Lipinski definition) is 4. The van der Waals surface area contributed by atoms with Crippen LogP contribution in [-0.4, -0.2) is 37.0 Å². The first-order chi connectivity index (χ1) is 11.4. The van der Waals surface area contributed by atoms with Crippen molar-refractivity contribution in [2.24, 2.45) is 5.92 Å². The van der Waals surface area contributed by atoms with Gasteiger partial charge in [0.1, 0.15) is 6.54 Å². The van der Waals surface area contributed by atoms with Crippen LogP contribution < -0.4 is 10.6 Å². The Hall–Kier alpha value is -2.37. The number of benzene rings is 1. The average Bonchev–Trinajstić information content (AvgIpc) is 3.38. The molecule has 6 heteroatoms. The second kappa shape index (κ2) is 7.95. The summed E-state index contributed by atoms with van der Waals surface area (Å²) in [6, 6.07) is 5.44. The largest absolute Gasteiger partial charge is 0.454 e. The van der Waals surface area contributed by atoms with Gasteiger partial charge in [0.05, 0.1) is 0 Å². The summed E-state index contributed by atoms with van der Waals surface area (Å²) in [5.41, 5.74) is 2.59. The topological polar surface area (TPSA) is 84.5 Å². The maximum absolute atomic E-state index is 12.0. The van der Waals surface area contributed by atoms with Crippen molar-refractivity contribution in [1.82, 2.24) is 10.6 Å². The molecule has 0 aliphatic heterocycles. The van der Waals surface area contributed by atoms with Gasteiger partial charge in [-0.15, -0.1) is 0 Å². The van der Waals surface area contributed by atoms with Crippen molar-refractivity contribution in [1.29, 1.82) is 0 Å². The van der Waals surface area contributed by atoms with Crippen LogP contribution in [0.5, 0.6) is 0 Å². The Labute approximate surface area is 142 Å². The number of hydrogen-bond donors (Lipinski definition) is 2. The maximum atomic E-state index is 12.0. The fraction of sp³-hybridized carbons (Fsp3) is 0.500. The monoisotopic (exact) mass is 332 g/mol. The highest BCUT2D eigenvalue weighted by molar-refractivity contribution is 5.96. The Morgan fingerprint density at radius 3 is 2.54 bits per heavy atom. The molecule has 1 fully saturated rings. The van der Waals surface area contributed by atoms with E-state index in [9.17, 15) is 14.4 Å². The minimum atomic E-state index is -0.638. The van der Waals surface area contributed by atoms with Gasteiger partial charge >= 0.3 is 5.97 Å². The van der Waals surface area contributed by atoms with Crippen LogP contribution in [0.4, 0.5) is 0 Å². The Bertz CT molecular complexity index is 638. The van der Waals surface area contributed by atoms with Gasteiger partial charge in [0.25, 0.3) is 11.8 Å². The summed E-state index contributed by atoms with van der Waals surface area (Å²) in [4.78, 5) is 35.2. The van der Waals surface area contributed by atoms with Gasteiger partial charge in [-0.3, -0.25) is 14.4 Å². The predicted octanol–water partition coefficient (Wildman–Crippen LogP) is 1.49. The molecule has 2 rings (SSSR count). The van der Waals surface area contributed by atoms with E-state index in [0.717, 1.165) is 24.0 Å². The number of rotatable bonds is 7. The minimum absolute atomic E-state index is 0.112. The molecule has 1 atom stereocenters. The van der Waals surface area contributed by atoms with Crippen molar-refractivity contribution in [2.75, 3.05) is 13.2 Å². The summed E-state index contributed by atoms with van der Waals surface area (Å²) < 4.78 is 4.87. The summed E-state index contributed by atoms with van der Waals surface area (Å²) in [7, 11) is 0. The number of carbonyl (C=O) groups is 3. The number of ether oxygens (including phenoxy) is 1. The number of amides is 2. The molecule has 1 aromatic rings. The molecule has 0 heterocycles. The van der Waals surface area contributed by atoms with Crippen molar-refractivity contribution >= 4 is 17.8 Å². The Morgan fingerprint density at radius 1 is 1.21 bits per heavy atom. The zero-order valence-electron chi connectivity index (χ0n) is 14.3. The molecular formula is C18H24N2O4. The van der Waals surface area contributed by atoms with E-state index in [4.69, 9.17) is 4.74 Å². The first kappa shape index (κ1) is 18.0. The SMILES string of the molecule is Cc1ccc(C(=O)NCC(=O)OCC(=O)N[C@@H](C)C2CC2)cc1C. The van der Waals surface area contributed by atoms with Crippen molar-refractivity contribution < 1.29 is 19.1 Å². The predicted molar refractivity (Wildman–Crippen MR) is 89.5 cm³/mol. The second-order valence-corrected chi connectivity index (χ2v) is 6.34. The molecule has 0 bridgehead atoms. The van der Waals surface area contributed by atoms with Crippen molar-refractivity contribution in [3.05, 3.63) is 34.9 Å². The molecular weight excluding hydrogens is 308 g/mol. The van der Waals surface area contributed by atoms with E-state index in [1.54, 1.807) is 12.1 Å². The fourth-order valence-electron chi connectivity index (χ4n) is 2.34. The molecule has 0 saturated heterocycles. The fourth-order valence-corrected chi connectivity index (χ4v) is 2.34. The zero-order chi connectivity index (χ0) is 17.7. The minimum Gasteiger partial charge on any atom is -0.454 e. The van der Waals surface area contributed by atoms with E-state index in [0.29, 0.717) is 11.5 Å². The number of nitrogens with one attached hydrogen (secondary N) is 2. The molecule has 6 nitrogen and oxygen atoms in total. The molecule has 1 aliphatic carbocycles. The lowest BCUT2D eigenvalue weighted by Crippen LogP contribution is -2.38. The summed E-state index contributed by atoms with van der Waals surface area (Å²) in [5, 5.41) is 5.29. The van der Waals surface area contributed by atoms with E-state index in [1.807, 2.05) is 26.8 Å². The van der Waals surface area contributed by atoms with Gasteiger partial charge in [-0.2, -0.15) is 0 Å². The number of carbonyl (C=O) groups excluding carboxylic acids is 3. The lowest BCUT2D eigenvalue weighted by Gasteiger charge is -2.13. The molecule has 0 aromatic heterocycles. The Balaban J connectivity index is 1.69. The average molecular weight is 332 g/mol. The van der Waals surface area contributed by atoms with Gasteiger partial charge < -0.3 is 15.4 Å². The third-order valence-electron chi connectivity index (χ3n) is 4.24. The third kappa shape index (κ3) is 5.37. The molecule has 130 valence electrons. The number of esters is 1. The first-order valence-electron chi connectivity index (χ1n) is 8.17. The van der Waals surface area contributed by atoms with E-state index < -0.39 is 5.97 Å². The maximum Gasteiger partial charge on any atom is 0.325 e. The van der Waals surface area contributed by atoms with E-state index in [1.165, 1.54) is 0 Å². The summed E-state index contributed by atoms with van der Waals surface area (Å²) in [6.45, 7) is 5.24. The summed E-state index contributed by atoms with van der Waals surface area (Å²) in [6.07, 6.45) is 2.26. The molecule has 1 aromatic carbocycles. The van der Waals surface area contributed by atoms with Gasteiger partial charge in [0.15, 0.2) is 6.61 Å². The van der Waals surface area contributed by atoms with Gasteiger partial charge in [-0.1, -0.05) is 6.07 Å². The second-order valence-electron chi connectivity index (χ2n) is 6.34. The van der Waals surface area contributed by atoms with Gasteiger partial charge in [-0.05, 0) is 62.8 Å². The standard InChI is InChI=1S/C18H24N2O4/c1-11-4-5-15(8-12(11)2)18(23)19-9-17(22)24-10-16(21)20-13(3)14-6-7-14/h4-5,8,13-14H,6-7,9-10H2,1-3H3,(H,19,23)(H,20,21)/t13-/m0/s1. The van der Waals surface area contributed by atoms with Crippen LogP contribution in [0.15, 0.2) is 18.2 Å². The third-order valence-corrected chi connectivity index (χ3v) is 4.24. The van der Waals surface area contributed by atoms with Crippen molar-refractivity contribution in [2.45, 2.75) is 39.7 Å². The van der Waals surface area contributed by atoms with Crippen molar-refractivity contribution in [3.8, 4) is 0 Å². The highest BCUT2D eigenvalue weighted by atomic mass is 16.5. The van der Waals surface area contributed by atoms with Crippen LogP contribution in [0.3, 0.4) is 0 Å². The van der Waals surface area contributed by atoms with Crippen molar-refractivity contribution in [3.63, 3.8) is 0 Å². The van der Waals surface area contributed by atoms with Crippen LogP contribution in [0.2, 0.25) is 0 Å². The van der Waals surface area contributed by atoms with Crippen LogP contribution in [0, 0.1) is 19.8 Å². The van der Waals surface area contributed by atoms with Crippen LogP contribution in [-0.2, 0) is 14.3 Å². The van der Waals surface area contributed by atoms with Crippen LogP contribution >= 0.6 is 0 Å². The molecule has 2 N–H and O–H groups in total. The van der Waals surface area contributed by atoms with Gasteiger partial charge in [0.2, 0.25) is 0 Å². The summed E-state index contributed by atoms with van der Waals surface area (Å²) >= 11 is 0. The van der Waals surface area contributed by atoms with E-state index in [2.05, 4.69) is 10.6 Å². The first-order valence-corrected chi connectivity index (χ1v) is 8.17. The van der Waals surface area contributed by atoms with Crippen LogP contribution in [0.25, 0.3) is 0 Å². The Kier molecular flexibility index (Phi) is 5.95. The lowest BCUT2D eigenvalue weighted by molar-refractivity contribution is -0.147. The smallest absolute Gasteiger partial charge is 0.325 e. The Morgan fingerprint density at radius 2 is 1.92 bits per heavy atom. The molecule has 24 heavy (non-hydrogen) atoms. The van der Waals surface area contributed by atoms with Gasteiger partial charge in [-0.25, -0.2) is 0 Å². The molecule has 1 aliphatic rings. The summed E-state index contributed by atoms with van der Waals surface area (Å²) in [5.74, 6) is -0.756. The molecule has 0 radical (unpaired) electrons. The molecule has 0 unspecified atom stereocenters.